The SMILES string of the molecule is O=C1CCc2ccc(F)cc2N1CC=CCS. The maximum Gasteiger partial charge on any atom is 0.227 e. The van der Waals surface area contributed by atoms with E-state index in [2.05, 4.69) is 12.6 Å². The number of nitrogens with zero attached hydrogens (tertiary/aromatic N) is 1. The third-order valence-electron chi connectivity index (χ3n) is 2.81. The molecule has 0 N–H and O–H groups in total. The second-order valence-electron chi connectivity index (χ2n) is 3.93. The summed E-state index contributed by atoms with van der Waals surface area (Å²) < 4.78 is 13.2. The molecule has 90 valence electrons. The topological polar surface area (TPSA) is 20.3 Å². The number of amides is 1. The number of thiol groups is 1. The van der Waals surface area contributed by atoms with Crippen molar-refractivity contribution < 1.29 is 9.18 Å². The lowest BCUT2D eigenvalue weighted by molar-refractivity contribution is -0.118. The Hall–Kier alpha value is -1.29. The summed E-state index contributed by atoms with van der Waals surface area (Å²) in [5.41, 5.74) is 1.73. The second kappa shape index (κ2) is 5.36. The molecule has 17 heavy (non-hydrogen) atoms. The van der Waals surface area contributed by atoms with Gasteiger partial charge in [0.1, 0.15) is 5.82 Å². The van der Waals surface area contributed by atoms with Gasteiger partial charge in [-0.1, -0.05) is 18.2 Å². The van der Waals surface area contributed by atoms with Crippen molar-refractivity contribution in [2.75, 3.05) is 17.2 Å². The van der Waals surface area contributed by atoms with Gasteiger partial charge in [0.15, 0.2) is 0 Å². The lowest BCUT2D eigenvalue weighted by Gasteiger charge is -2.28. The number of anilines is 1. The summed E-state index contributed by atoms with van der Waals surface area (Å²) in [4.78, 5) is 13.4. The van der Waals surface area contributed by atoms with E-state index in [4.69, 9.17) is 0 Å². The van der Waals surface area contributed by atoms with Gasteiger partial charge in [-0.3, -0.25) is 4.79 Å². The molecule has 0 aliphatic carbocycles. The van der Waals surface area contributed by atoms with Crippen LogP contribution >= 0.6 is 12.6 Å². The van der Waals surface area contributed by atoms with Gasteiger partial charge in [-0.15, -0.1) is 0 Å². The minimum absolute atomic E-state index is 0.0481. The lowest BCUT2D eigenvalue weighted by atomic mass is 10.0. The first-order chi connectivity index (χ1) is 8.22. The summed E-state index contributed by atoms with van der Waals surface area (Å²) in [6.45, 7) is 0.482. The largest absolute Gasteiger partial charge is 0.308 e. The van der Waals surface area contributed by atoms with Gasteiger partial charge in [0.2, 0.25) is 5.91 Å². The van der Waals surface area contributed by atoms with Crippen LogP contribution < -0.4 is 4.90 Å². The van der Waals surface area contributed by atoms with E-state index in [1.165, 1.54) is 12.1 Å². The molecule has 0 radical (unpaired) electrons. The summed E-state index contributed by atoms with van der Waals surface area (Å²) in [6.07, 6.45) is 4.95. The Bertz CT molecular complexity index is 459. The van der Waals surface area contributed by atoms with E-state index in [9.17, 15) is 9.18 Å². The monoisotopic (exact) mass is 251 g/mol. The van der Waals surface area contributed by atoms with E-state index in [1.54, 1.807) is 11.0 Å². The number of carbonyl (C=O) groups is 1. The highest BCUT2D eigenvalue weighted by molar-refractivity contribution is 7.80. The van der Waals surface area contributed by atoms with Crippen LogP contribution in [0.5, 0.6) is 0 Å². The zero-order chi connectivity index (χ0) is 12.3. The lowest BCUT2D eigenvalue weighted by Crippen LogP contribution is -2.35. The molecule has 0 saturated carbocycles. The van der Waals surface area contributed by atoms with Crippen molar-refractivity contribution in [3.63, 3.8) is 0 Å². The van der Waals surface area contributed by atoms with Crippen molar-refractivity contribution in [3.8, 4) is 0 Å². The van der Waals surface area contributed by atoms with E-state index in [-0.39, 0.29) is 11.7 Å². The molecule has 2 nitrogen and oxygen atoms in total. The molecule has 4 heteroatoms. The van der Waals surface area contributed by atoms with E-state index < -0.39 is 0 Å². The molecular formula is C13H14FNOS. The molecule has 1 aliphatic rings. The minimum Gasteiger partial charge on any atom is -0.308 e. The van der Waals surface area contributed by atoms with Gasteiger partial charge < -0.3 is 4.90 Å². The molecular weight excluding hydrogens is 237 g/mol. The molecule has 1 aromatic rings. The Morgan fingerprint density at radius 2 is 2.18 bits per heavy atom. The molecule has 0 saturated heterocycles. The highest BCUT2D eigenvalue weighted by Crippen LogP contribution is 2.28. The summed E-state index contributed by atoms with van der Waals surface area (Å²) >= 11 is 4.06. The predicted octanol–water partition coefficient (Wildman–Crippen LogP) is 2.59. The summed E-state index contributed by atoms with van der Waals surface area (Å²) in [5.74, 6) is 0.381. The van der Waals surface area contributed by atoms with Crippen LogP contribution in [0.4, 0.5) is 10.1 Å². The third-order valence-corrected chi connectivity index (χ3v) is 3.02. The van der Waals surface area contributed by atoms with Gasteiger partial charge in [-0.05, 0) is 24.1 Å². The molecule has 1 amide bonds. The fourth-order valence-electron chi connectivity index (χ4n) is 1.97. The summed E-state index contributed by atoms with van der Waals surface area (Å²) in [6, 6.07) is 4.63. The van der Waals surface area contributed by atoms with E-state index in [1.807, 2.05) is 12.2 Å². The number of benzene rings is 1. The van der Waals surface area contributed by atoms with Gasteiger partial charge in [0.05, 0.1) is 5.69 Å². The zero-order valence-corrected chi connectivity index (χ0v) is 10.3. The minimum atomic E-state index is -0.304. The molecule has 0 unspecified atom stereocenters. The molecule has 2 rings (SSSR count). The van der Waals surface area contributed by atoms with Gasteiger partial charge in [0, 0.05) is 18.7 Å². The molecule has 0 bridgehead atoms. The first kappa shape index (κ1) is 12.2. The fourth-order valence-corrected chi connectivity index (χ4v) is 2.11. The normalized spacial score (nSPS) is 15.4. The number of rotatable bonds is 3. The molecule has 1 heterocycles. The van der Waals surface area contributed by atoms with Crippen molar-refractivity contribution in [2.24, 2.45) is 0 Å². The zero-order valence-electron chi connectivity index (χ0n) is 9.40. The Morgan fingerprint density at radius 1 is 1.35 bits per heavy atom. The van der Waals surface area contributed by atoms with E-state index in [0.29, 0.717) is 30.8 Å². The first-order valence-electron chi connectivity index (χ1n) is 5.57. The average Bonchev–Trinajstić information content (AvgIpc) is 2.32. The van der Waals surface area contributed by atoms with Gasteiger partial charge >= 0.3 is 0 Å². The standard InChI is InChI=1S/C13H14FNOS/c14-11-5-3-10-4-6-13(16)15(12(10)9-11)7-1-2-8-17/h1-3,5,9,17H,4,6-8H2. The number of hydrogen-bond acceptors (Lipinski definition) is 2. The molecule has 0 fully saturated rings. The smallest absolute Gasteiger partial charge is 0.227 e. The van der Waals surface area contributed by atoms with Gasteiger partial charge in [-0.2, -0.15) is 12.6 Å². The van der Waals surface area contributed by atoms with Crippen LogP contribution in [-0.2, 0) is 11.2 Å². The summed E-state index contributed by atoms with van der Waals surface area (Å²) in [5, 5.41) is 0. The molecule has 0 aromatic heterocycles. The van der Waals surface area contributed by atoms with Crippen molar-refractivity contribution in [2.45, 2.75) is 12.8 Å². The third kappa shape index (κ3) is 2.69. The Labute approximate surface area is 106 Å². The fraction of sp³-hybridized carbons (Fsp3) is 0.308. The van der Waals surface area contributed by atoms with Crippen molar-refractivity contribution in [3.05, 3.63) is 41.7 Å². The summed E-state index contributed by atoms with van der Waals surface area (Å²) in [7, 11) is 0. The van der Waals surface area contributed by atoms with Crippen molar-refractivity contribution in [1.29, 1.82) is 0 Å². The first-order valence-corrected chi connectivity index (χ1v) is 6.20. The number of halogens is 1. The maximum atomic E-state index is 13.2. The van der Waals surface area contributed by atoms with Crippen LogP contribution in [0.25, 0.3) is 0 Å². The van der Waals surface area contributed by atoms with Crippen LogP contribution in [0.3, 0.4) is 0 Å². The molecule has 1 aromatic carbocycles. The van der Waals surface area contributed by atoms with Crippen LogP contribution in [0, 0.1) is 5.82 Å². The van der Waals surface area contributed by atoms with Crippen molar-refractivity contribution in [1.82, 2.24) is 0 Å². The number of carbonyl (C=O) groups excluding carboxylic acids is 1. The predicted molar refractivity (Wildman–Crippen MR) is 70.1 cm³/mol. The van der Waals surface area contributed by atoms with Gasteiger partial charge in [0.25, 0.3) is 0 Å². The number of aryl methyl sites for hydroxylation is 1. The average molecular weight is 251 g/mol. The van der Waals surface area contributed by atoms with E-state index >= 15 is 0 Å². The van der Waals surface area contributed by atoms with Gasteiger partial charge in [-0.25, -0.2) is 4.39 Å². The highest BCUT2D eigenvalue weighted by Gasteiger charge is 2.23. The molecule has 1 aliphatic heterocycles. The maximum absolute atomic E-state index is 13.2. The second-order valence-corrected chi connectivity index (χ2v) is 4.30. The van der Waals surface area contributed by atoms with Crippen LogP contribution in [-0.4, -0.2) is 18.2 Å². The quantitative estimate of drug-likeness (QED) is 0.646. The van der Waals surface area contributed by atoms with Crippen molar-refractivity contribution >= 4 is 24.2 Å². The molecule has 0 atom stereocenters. The number of hydrogen-bond donors (Lipinski definition) is 1. The Balaban J connectivity index is 2.29. The van der Waals surface area contributed by atoms with Crippen LogP contribution in [0.2, 0.25) is 0 Å². The Kier molecular flexibility index (Phi) is 3.84. The molecule has 0 spiro atoms. The van der Waals surface area contributed by atoms with Crippen LogP contribution in [0.1, 0.15) is 12.0 Å². The van der Waals surface area contributed by atoms with E-state index in [0.717, 1.165) is 5.56 Å². The Morgan fingerprint density at radius 3 is 2.94 bits per heavy atom. The highest BCUT2D eigenvalue weighted by atomic mass is 32.1. The number of fused-ring (bicyclic) bond motifs is 1. The van der Waals surface area contributed by atoms with Crippen LogP contribution in [0.15, 0.2) is 30.4 Å².